The summed E-state index contributed by atoms with van der Waals surface area (Å²) in [5.74, 6) is 0.911. The second-order valence-corrected chi connectivity index (χ2v) is 6.27. The van der Waals surface area contributed by atoms with Crippen LogP contribution in [0.3, 0.4) is 0 Å². The normalized spacial score (nSPS) is 12.8. The molecule has 0 aliphatic carbocycles. The van der Waals surface area contributed by atoms with E-state index in [1.165, 1.54) is 89.9 Å². The first-order valence-corrected chi connectivity index (χ1v) is 9.14. The van der Waals surface area contributed by atoms with Crippen molar-refractivity contribution in [2.24, 2.45) is 5.92 Å². The van der Waals surface area contributed by atoms with Crippen LogP contribution in [0.4, 0.5) is 0 Å². The van der Waals surface area contributed by atoms with Gasteiger partial charge in [-0.15, -0.1) is 0 Å². The number of unbranched alkanes of at least 4 members (excludes halogenated alkanes) is 10. The molecule has 0 heterocycles. The van der Waals surface area contributed by atoms with Gasteiger partial charge < -0.3 is 0 Å². The van der Waals surface area contributed by atoms with Crippen LogP contribution < -0.4 is 0 Å². The Morgan fingerprint density at radius 1 is 0.579 bits per heavy atom. The molecule has 0 aromatic rings. The second-order valence-electron chi connectivity index (χ2n) is 6.27. The lowest BCUT2D eigenvalue weighted by Crippen LogP contribution is -1.98. The fraction of sp³-hybridized carbons (Fsp3) is 0.947. The van der Waals surface area contributed by atoms with E-state index in [-0.39, 0.29) is 0 Å². The van der Waals surface area contributed by atoms with Crippen LogP contribution in [0.25, 0.3) is 0 Å². The minimum atomic E-state index is 0.911. The molecule has 0 bridgehead atoms. The van der Waals surface area contributed by atoms with Gasteiger partial charge in [0.1, 0.15) is 0 Å². The highest BCUT2D eigenvalue weighted by molar-refractivity contribution is 4.61. The molecule has 0 nitrogen and oxygen atoms in total. The van der Waals surface area contributed by atoms with E-state index in [9.17, 15) is 0 Å². The number of hydrogen-bond donors (Lipinski definition) is 0. The first-order valence-electron chi connectivity index (χ1n) is 9.14. The Morgan fingerprint density at radius 3 is 1.47 bits per heavy atom. The highest BCUT2D eigenvalue weighted by atomic mass is 14.1. The highest BCUT2D eigenvalue weighted by Crippen LogP contribution is 2.20. The van der Waals surface area contributed by atoms with Crippen LogP contribution >= 0.6 is 0 Å². The lowest BCUT2D eigenvalue weighted by atomic mass is 9.93. The van der Waals surface area contributed by atoms with Crippen molar-refractivity contribution in [2.75, 3.05) is 0 Å². The molecule has 1 radical (unpaired) electrons. The predicted octanol–water partition coefficient (Wildman–Crippen LogP) is 7.33. The molecule has 0 heteroatoms. The Labute approximate surface area is 123 Å². The van der Waals surface area contributed by atoms with E-state index in [0.717, 1.165) is 12.3 Å². The molecule has 0 N–H and O–H groups in total. The Bertz CT molecular complexity index is 150. The molecule has 0 saturated carbocycles. The first-order chi connectivity index (χ1) is 9.35. The molecule has 19 heavy (non-hydrogen) atoms. The Kier molecular flexibility index (Phi) is 16.1. The maximum Gasteiger partial charge on any atom is -0.0414 e. The molecule has 0 aromatic heterocycles. The molecule has 115 valence electrons. The SMILES string of the molecule is [CH2]CC(CCCC)CCCCCCCCCCCC. The highest BCUT2D eigenvalue weighted by Gasteiger charge is 2.04. The largest absolute Gasteiger partial charge is 0.0654 e. The number of rotatable bonds is 15. The summed E-state index contributed by atoms with van der Waals surface area (Å²) in [6, 6.07) is 0. The van der Waals surface area contributed by atoms with Crippen molar-refractivity contribution in [1.82, 2.24) is 0 Å². The summed E-state index contributed by atoms with van der Waals surface area (Å²) in [4.78, 5) is 0. The summed E-state index contributed by atoms with van der Waals surface area (Å²) in [6.07, 6.45) is 21.2. The smallest absolute Gasteiger partial charge is 0.0414 e. The lowest BCUT2D eigenvalue weighted by molar-refractivity contribution is 0.412. The van der Waals surface area contributed by atoms with Crippen molar-refractivity contribution < 1.29 is 0 Å². The van der Waals surface area contributed by atoms with Crippen molar-refractivity contribution in [3.63, 3.8) is 0 Å². The summed E-state index contributed by atoms with van der Waals surface area (Å²) in [7, 11) is 0. The first kappa shape index (κ1) is 19.0. The van der Waals surface area contributed by atoms with Crippen molar-refractivity contribution in [2.45, 2.75) is 110 Å². The lowest BCUT2D eigenvalue weighted by Gasteiger charge is -2.13. The molecule has 0 aliphatic rings. The summed E-state index contributed by atoms with van der Waals surface area (Å²) < 4.78 is 0. The van der Waals surface area contributed by atoms with Gasteiger partial charge in [0.05, 0.1) is 0 Å². The Morgan fingerprint density at radius 2 is 1.00 bits per heavy atom. The third kappa shape index (κ3) is 14.2. The average Bonchev–Trinajstić information content (AvgIpc) is 2.44. The summed E-state index contributed by atoms with van der Waals surface area (Å²) >= 11 is 0. The van der Waals surface area contributed by atoms with Crippen LogP contribution in [-0.4, -0.2) is 0 Å². The average molecular weight is 268 g/mol. The van der Waals surface area contributed by atoms with E-state index in [0.29, 0.717) is 0 Å². The molecule has 0 saturated heterocycles. The minimum absolute atomic E-state index is 0.911. The van der Waals surface area contributed by atoms with E-state index in [4.69, 9.17) is 0 Å². The molecular formula is C19H39. The third-order valence-corrected chi connectivity index (χ3v) is 4.34. The quantitative estimate of drug-likeness (QED) is 0.272. The molecule has 0 fully saturated rings. The zero-order valence-electron chi connectivity index (χ0n) is 13.9. The van der Waals surface area contributed by atoms with Crippen LogP contribution in [0, 0.1) is 12.8 Å². The fourth-order valence-corrected chi connectivity index (χ4v) is 2.85. The van der Waals surface area contributed by atoms with Gasteiger partial charge in [0.15, 0.2) is 0 Å². The van der Waals surface area contributed by atoms with Gasteiger partial charge in [0.25, 0.3) is 0 Å². The van der Waals surface area contributed by atoms with E-state index in [2.05, 4.69) is 20.8 Å². The Hall–Kier alpha value is 0. The summed E-state index contributed by atoms with van der Waals surface area (Å²) in [6.45, 7) is 8.69. The van der Waals surface area contributed by atoms with Gasteiger partial charge in [-0.25, -0.2) is 0 Å². The molecule has 0 aromatic carbocycles. The molecule has 0 spiro atoms. The van der Waals surface area contributed by atoms with Gasteiger partial charge in [-0.05, 0) is 5.92 Å². The molecule has 1 unspecified atom stereocenters. The third-order valence-electron chi connectivity index (χ3n) is 4.34. The maximum atomic E-state index is 4.10. The van der Waals surface area contributed by atoms with Crippen LogP contribution in [0.15, 0.2) is 0 Å². The molecule has 0 amide bonds. The van der Waals surface area contributed by atoms with Gasteiger partial charge >= 0.3 is 0 Å². The van der Waals surface area contributed by atoms with E-state index in [1.54, 1.807) is 0 Å². The molecule has 1 atom stereocenters. The standard InChI is InChI=1S/C19H39/c1-4-7-9-10-11-12-13-14-15-16-18-19(6-3)17-8-5-2/h19H,3-18H2,1-2H3. The van der Waals surface area contributed by atoms with E-state index < -0.39 is 0 Å². The van der Waals surface area contributed by atoms with Gasteiger partial charge in [0.2, 0.25) is 0 Å². The van der Waals surface area contributed by atoms with Crippen molar-refractivity contribution in [3.8, 4) is 0 Å². The predicted molar refractivity (Wildman–Crippen MR) is 89.5 cm³/mol. The van der Waals surface area contributed by atoms with Gasteiger partial charge in [-0.3, -0.25) is 0 Å². The second kappa shape index (κ2) is 16.1. The zero-order valence-corrected chi connectivity index (χ0v) is 13.9. The molecule has 0 aliphatic heterocycles. The van der Waals surface area contributed by atoms with Crippen LogP contribution in [-0.2, 0) is 0 Å². The van der Waals surface area contributed by atoms with E-state index in [1.807, 2.05) is 0 Å². The van der Waals surface area contributed by atoms with E-state index >= 15 is 0 Å². The minimum Gasteiger partial charge on any atom is -0.0654 e. The molecular weight excluding hydrogens is 228 g/mol. The topological polar surface area (TPSA) is 0 Å². The van der Waals surface area contributed by atoms with Crippen molar-refractivity contribution in [3.05, 3.63) is 6.92 Å². The van der Waals surface area contributed by atoms with Gasteiger partial charge in [-0.1, -0.05) is 117 Å². The monoisotopic (exact) mass is 267 g/mol. The Balaban J connectivity index is 3.16. The summed E-state index contributed by atoms with van der Waals surface area (Å²) in [5, 5.41) is 0. The van der Waals surface area contributed by atoms with Crippen LogP contribution in [0.5, 0.6) is 0 Å². The number of hydrogen-bond acceptors (Lipinski definition) is 0. The van der Waals surface area contributed by atoms with Crippen LogP contribution in [0.1, 0.15) is 110 Å². The summed E-state index contributed by atoms with van der Waals surface area (Å²) in [5.41, 5.74) is 0. The molecule has 0 rings (SSSR count). The fourth-order valence-electron chi connectivity index (χ4n) is 2.85. The van der Waals surface area contributed by atoms with Gasteiger partial charge in [0, 0.05) is 0 Å². The van der Waals surface area contributed by atoms with Crippen LogP contribution in [0.2, 0.25) is 0 Å². The van der Waals surface area contributed by atoms with Crippen molar-refractivity contribution in [1.29, 1.82) is 0 Å². The zero-order chi connectivity index (χ0) is 14.2. The van der Waals surface area contributed by atoms with Crippen molar-refractivity contribution >= 4 is 0 Å². The maximum absolute atomic E-state index is 4.10. The van der Waals surface area contributed by atoms with Gasteiger partial charge in [-0.2, -0.15) is 0 Å².